The van der Waals surface area contributed by atoms with Crippen molar-refractivity contribution in [3.8, 4) is 5.75 Å². The molecule has 0 bridgehead atoms. The standard InChI is InChI=1S/C24H21Cl2N5O4/c1-12-20(33-13(2)32)23(31-11-29-19-21(26)27-10-28-22(19)31)35-24(12)8-16(9-24)34-15-5-3-14-4-6-18(25)30-17(14)7-15/h3-7,10-12,16,20,23H,8-9H2,1-2H3/t12-,16-,20?,23+,24-/m0/s1. The van der Waals surface area contributed by atoms with E-state index in [1.54, 1.807) is 17.0 Å². The number of halogens is 2. The van der Waals surface area contributed by atoms with Crippen LogP contribution in [0.2, 0.25) is 10.3 Å². The predicted octanol–water partition coefficient (Wildman–Crippen LogP) is 4.76. The second-order valence-electron chi connectivity index (χ2n) is 9.06. The van der Waals surface area contributed by atoms with Crippen LogP contribution in [0, 0.1) is 5.92 Å². The van der Waals surface area contributed by atoms with Crippen molar-refractivity contribution in [1.82, 2.24) is 24.5 Å². The largest absolute Gasteiger partial charge is 0.490 e. The number of rotatable bonds is 4. The molecule has 1 aromatic carbocycles. The van der Waals surface area contributed by atoms with Crippen LogP contribution in [0.15, 0.2) is 43.0 Å². The molecule has 1 aliphatic carbocycles. The zero-order valence-corrected chi connectivity index (χ0v) is 20.4. The van der Waals surface area contributed by atoms with Crippen LogP contribution in [-0.2, 0) is 14.3 Å². The number of nitrogens with zero attached hydrogens (tertiary/aromatic N) is 5. The summed E-state index contributed by atoms with van der Waals surface area (Å²) in [6, 6.07) is 9.46. The lowest BCUT2D eigenvalue weighted by atomic mass is 9.69. The van der Waals surface area contributed by atoms with Crippen molar-refractivity contribution in [3.05, 3.63) is 53.3 Å². The molecule has 6 rings (SSSR count). The molecule has 4 aromatic rings. The van der Waals surface area contributed by atoms with E-state index in [1.165, 1.54) is 13.3 Å². The van der Waals surface area contributed by atoms with E-state index >= 15 is 0 Å². The van der Waals surface area contributed by atoms with Gasteiger partial charge in [0.2, 0.25) is 0 Å². The molecule has 1 unspecified atom stereocenters. The third-order valence-electron chi connectivity index (χ3n) is 6.93. The summed E-state index contributed by atoms with van der Waals surface area (Å²) in [4.78, 5) is 29.0. The highest BCUT2D eigenvalue weighted by Crippen LogP contribution is 2.54. The number of aromatic nitrogens is 5. The zero-order chi connectivity index (χ0) is 24.3. The van der Waals surface area contributed by atoms with E-state index in [0.717, 1.165) is 16.7 Å². The highest BCUT2D eigenvalue weighted by molar-refractivity contribution is 6.33. The lowest BCUT2D eigenvalue weighted by molar-refractivity contribution is -0.171. The summed E-state index contributed by atoms with van der Waals surface area (Å²) in [5.41, 5.74) is 1.25. The molecule has 180 valence electrons. The Kier molecular flexibility index (Phi) is 5.32. The molecule has 11 heteroatoms. The van der Waals surface area contributed by atoms with Crippen LogP contribution >= 0.6 is 23.2 Å². The van der Waals surface area contributed by atoms with Crippen molar-refractivity contribution < 1.29 is 19.0 Å². The van der Waals surface area contributed by atoms with Crippen molar-refractivity contribution in [2.75, 3.05) is 0 Å². The van der Waals surface area contributed by atoms with Crippen LogP contribution in [0.25, 0.3) is 22.1 Å². The first-order valence-corrected chi connectivity index (χ1v) is 12.0. The van der Waals surface area contributed by atoms with Gasteiger partial charge in [-0.15, -0.1) is 0 Å². The van der Waals surface area contributed by atoms with Crippen LogP contribution in [-0.4, -0.2) is 48.3 Å². The molecule has 0 amide bonds. The van der Waals surface area contributed by atoms with Gasteiger partial charge in [-0.05, 0) is 24.3 Å². The monoisotopic (exact) mass is 513 g/mol. The van der Waals surface area contributed by atoms with E-state index in [1.807, 2.05) is 31.2 Å². The van der Waals surface area contributed by atoms with E-state index in [4.69, 9.17) is 37.4 Å². The van der Waals surface area contributed by atoms with E-state index < -0.39 is 17.9 Å². The van der Waals surface area contributed by atoms with Gasteiger partial charge in [0.25, 0.3) is 0 Å². The van der Waals surface area contributed by atoms with Crippen LogP contribution in [0.1, 0.15) is 32.9 Å². The molecule has 0 radical (unpaired) electrons. The minimum absolute atomic E-state index is 0.0536. The van der Waals surface area contributed by atoms with Gasteiger partial charge in [0.15, 0.2) is 23.1 Å². The molecule has 1 aliphatic heterocycles. The summed E-state index contributed by atoms with van der Waals surface area (Å²) >= 11 is 12.2. The fourth-order valence-corrected chi connectivity index (χ4v) is 5.47. The number of carbonyl (C=O) groups excluding carboxylic acids is 1. The molecule has 1 saturated heterocycles. The minimum atomic E-state index is -0.599. The van der Waals surface area contributed by atoms with Crippen molar-refractivity contribution in [1.29, 1.82) is 0 Å². The van der Waals surface area contributed by atoms with Crippen molar-refractivity contribution >= 4 is 51.2 Å². The maximum Gasteiger partial charge on any atom is 0.303 e. The smallest absolute Gasteiger partial charge is 0.303 e. The average molecular weight is 514 g/mol. The molecule has 2 aliphatic rings. The van der Waals surface area contributed by atoms with Gasteiger partial charge in [-0.2, -0.15) is 0 Å². The molecule has 0 N–H and O–H groups in total. The van der Waals surface area contributed by atoms with Gasteiger partial charge in [-0.1, -0.05) is 30.1 Å². The summed E-state index contributed by atoms with van der Waals surface area (Å²) in [5.74, 6) is 0.264. The molecular weight excluding hydrogens is 493 g/mol. The normalized spacial score (nSPS) is 27.9. The first kappa shape index (κ1) is 22.5. The van der Waals surface area contributed by atoms with Gasteiger partial charge in [0.1, 0.15) is 28.9 Å². The zero-order valence-electron chi connectivity index (χ0n) is 18.9. The van der Waals surface area contributed by atoms with Gasteiger partial charge in [0, 0.05) is 37.1 Å². The van der Waals surface area contributed by atoms with Gasteiger partial charge in [-0.25, -0.2) is 19.9 Å². The van der Waals surface area contributed by atoms with E-state index in [9.17, 15) is 4.79 Å². The summed E-state index contributed by atoms with van der Waals surface area (Å²) in [6.45, 7) is 3.43. The summed E-state index contributed by atoms with van der Waals surface area (Å²) in [6.07, 6.45) is 3.08. The number of carbonyl (C=O) groups is 1. The predicted molar refractivity (Wildman–Crippen MR) is 128 cm³/mol. The number of benzene rings is 1. The van der Waals surface area contributed by atoms with Gasteiger partial charge in [0.05, 0.1) is 17.4 Å². The Morgan fingerprint density at radius 1 is 1.17 bits per heavy atom. The van der Waals surface area contributed by atoms with Crippen LogP contribution in [0.5, 0.6) is 5.75 Å². The van der Waals surface area contributed by atoms with Crippen molar-refractivity contribution in [2.45, 2.75) is 50.7 Å². The number of ether oxygens (including phenoxy) is 3. The first-order valence-electron chi connectivity index (χ1n) is 11.2. The lowest BCUT2D eigenvalue weighted by Crippen LogP contribution is -2.54. The quantitative estimate of drug-likeness (QED) is 0.218. The van der Waals surface area contributed by atoms with Gasteiger partial charge < -0.3 is 14.2 Å². The third kappa shape index (κ3) is 3.78. The summed E-state index contributed by atoms with van der Waals surface area (Å²) < 4.78 is 20.3. The third-order valence-corrected chi connectivity index (χ3v) is 7.42. The molecule has 3 atom stereocenters. The topological polar surface area (TPSA) is 101 Å². The molecule has 9 nitrogen and oxygen atoms in total. The maximum absolute atomic E-state index is 11.9. The molecule has 1 spiro atoms. The van der Waals surface area contributed by atoms with Crippen LogP contribution < -0.4 is 4.74 Å². The van der Waals surface area contributed by atoms with E-state index in [-0.39, 0.29) is 23.1 Å². The molecule has 3 aromatic heterocycles. The average Bonchev–Trinajstić information content (AvgIpc) is 3.34. The van der Waals surface area contributed by atoms with E-state index in [2.05, 4.69) is 19.9 Å². The minimum Gasteiger partial charge on any atom is -0.490 e. The molecule has 2 fully saturated rings. The number of fused-ring (bicyclic) bond motifs is 2. The summed E-state index contributed by atoms with van der Waals surface area (Å²) in [7, 11) is 0. The number of esters is 1. The van der Waals surface area contributed by atoms with Gasteiger partial charge in [-0.3, -0.25) is 9.36 Å². The lowest BCUT2D eigenvalue weighted by Gasteiger charge is -2.46. The fraction of sp³-hybridized carbons (Fsp3) is 0.375. The fourth-order valence-electron chi connectivity index (χ4n) is 5.14. The Bertz CT molecular complexity index is 1450. The van der Waals surface area contributed by atoms with Crippen LogP contribution in [0.4, 0.5) is 0 Å². The molecule has 1 saturated carbocycles. The highest BCUT2D eigenvalue weighted by atomic mass is 35.5. The Balaban J connectivity index is 1.24. The van der Waals surface area contributed by atoms with E-state index in [0.29, 0.717) is 29.2 Å². The number of imidazole rings is 1. The highest BCUT2D eigenvalue weighted by Gasteiger charge is 2.62. The Labute approximate surface area is 210 Å². The second kappa shape index (κ2) is 8.29. The maximum atomic E-state index is 11.9. The van der Waals surface area contributed by atoms with Crippen molar-refractivity contribution in [2.24, 2.45) is 5.92 Å². The number of pyridine rings is 1. The Morgan fingerprint density at radius 2 is 1.97 bits per heavy atom. The molecule has 4 heterocycles. The Hall–Kier alpha value is -3.01. The number of hydrogen-bond donors (Lipinski definition) is 0. The SMILES string of the molecule is CC(=O)OC1[C@H](n2cnc3c(Cl)ncnc32)O[C@]2(C[C@H](Oc3ccc4ccc(Cl)nc4c3)C2)[C@H]1C. The Morgan fingerprint density at radius 3 is 2.77 bits per heavy atom. The first-order chi connectivity index (χ1) is 16.8. The molecule has 35 heavy (non-hydrogen) atoms. The van der Waals surface area contributed by atoms with Crippen LogP contribution in [0.3, 0.4) is 0 Å². The molecular formula is C24H21Cl2N5O4. The number of hydrogen-bond acceptors (Lipinski definition) is 8. The van der Waals surface area contributed by atoms with Crippen molar-refractivity contribution in [3.63, 3.8) is 0 Å². The second-order valence-corrected chi connectivity index (χ2v) is 9.81. The van der Waals surface area contributed by atoms with Gasteiger partial charge >= 0.3 is 5.97 Å². The summed E-state index contributed by atoms with van der Waals surface area (Å²) in [5, 5.41) is 1.68.